The maximum atomic E-state index is 5.67. The van der Waals surface area contributed by atoms with Crippen molar-refractivity contribution in [1.29, 1.82) is 0 Å². The van der Waals surface area contributed by atoms with Crippen LogP contribution in [0.4, 0.5) is 0 Å². The number of ether oxygens (including phenoxy) is 2. The number of aromatic nitrogens is 1. The molecule has 2 unspecified atom stereocenters. The highest BCUT2D eigenvalue weighted by atomic mass is 16.5. The van der Waals surface area contributed by atoms with Crippen LogP contribution in [0.5, 0.6) is 5.75 Å². The van der Waals surface area contributed by atoms with Gasteiger partial charge in [-0.1, -0.05) is 20.8 Å². The fraction of sp³-hybridized carbons (Fsp3) is 0.688. The van der Waals surface area contributed by atoms with Gasteiger partial charge in [-0.05, 0) is 37.4 Å². The number of pyridine rings is 1. The van der Waals surface area contributed by atoms with E-state index in [2.05, 4.69) is 37.1 Å². The van der Waals surface area contributed by atoms with E-state index in [9.17, 15) is 0 Å². The molecule has 0 aromatic carbocycles. The van der Waals surface area contributed by atoms with E-state index in [0.717, 1.165) is 43.7 Å². The highest BCUT2D eigenvalue weighted by Crippen LogP contribution is 2.24. The predicted molar refractivity (Wildman–Crippen MR) is 82.1 cm³/mol. The Morgan fingerprint density at radius 3 is 2.60 bits per heavy atom. The summed E-state index contributed by atoms with van der Waals surface area (Å²) in [4.78, 5) is 4.30. The molecular weight excluding hydrogens is 252 g/mol. The second-order valence-electron chi connectivity index (χ2n) is 4.92. The molecule has 20 heavy (non-hydrogen) atoms. The van der Waals surface area contributed by atoms with Gasteiger partial charge in [0.2, 0.25) is 0 Å². The van der Waals surface area contributed by atoms with Crippen molar-refractivity contribution >= 4 is 0 Å². The van der Waals surface area contributed by atoms with Gasteiger partial charge in [-0.2, -0.15) is 0 Å². The Hall–Kier alpha value is -1.13. The molecular formula is C16H28N2O2. The Bertz CT molecular complexity index is 367. The van der Waals surface area contributed by atoms with Crippen LogP contribution in [0.15, 0.2) is 18.5 Å². The first-order valence-electron chi connectivity index (χ1n) is 7.60. The average molecular weight is 280 g/mol. The molecule has 0 fully saturated rings. The van der Waals surface area contributed by atoms with Crippen molar-refractivity contribution in [3.8, 4) is 5.75 Å². The predicted octanol–water partition coefficient (Wildman–Crippen LogP) is 3.34. The van der Waals surface area contributed by atoms with Crippen LogP contribution in [0, 0.1) is 0 Å². The van der Waals surface area contributed by atoms with Gasteiger partial charge in [0.25, 0.3) is 0 Å². The van der Waals surface area contributed by atoms with Crippen LogP contribution in [0.2, 0.25) is 0 Å². The lowest BCUT2D eigenvalue weighted by atomic mass is 10.0. The number of rotatable bonds is 10. The molecule has 0 bridgehead atoms. The second kappa shape index (κ2) is 9.72. The third kappa shape index (κ3) is 5.10. The van der Waals surface area contributed by atoms with E-state index in [4.69, 9.17) is 9.47 Å². The van der Waals surface area contributed by atoms with E-state index in [0.29, 0.717) is 0 Å². The van der Waals surface area contributed by atoms with Crippen molar-refractivity contribution in [2.45, 2.75) is 52.2 Å². The van der Waals surface area contributed by atoms with Gasteiger partial charge >= 0.3 is 0 Å². The highest BCUT2D eigenvalue weighted by Gasteiger charge is 2.21. The van der Waals surface area contributed by atoms with E-state index in [-0.39, 0.29) is 12.1 Å². The van der Waals surface area contributed by atoms with Crippen LogP contribution in [0.1, 0.15) is 51.6 Å². The summed E-state index contributed by atoms with van der Waals surface area (Å²) < 4.78 is 11.3. The molecule has 4 heteroatoms. The SMILES string of the molecule is CCCNC(c1cncc(OCCC)c1)C(CC)OC. The Morgan fingerprint density at radius 1 is 1.20 bits per heavy atom. The molecule has 0 aliphatic rings. The zero-order chi connectivity index (χ0) is 14.8. The smallest absolute Gasteiger partial charge is 0.137 e. The van der Waals surface area contributed by atoms with Crippen LogP contribution < -0.4 is 10.1 Å². The fourth-order valence-corrected chi connectivity index (χ4v) is 2.21. The summed E-state index contributed by atoms with van der Waals surface area (Å²) in [5.41, 5.74) is 1.13. The quantitative estimate of drug-likeness (QED) is 0.714. The lowest BCUT2D eigenvalue weighted by molar-refractivity contribution is 0.0649. The Morgan fingerprint density at radius 2 is 2.00 bits per heavy atom. The van der Waals surface area contributed by atoms with E-state index in [1.165, 1.54) is 0 Å². The summed E-state index contributed by atoms with van der Waals surface area (Å²) >= 11 is 0. The average Bonchev–Trinajstić information content (AvgIpc) is 2.49. The summed E-state index contributed by atoms with van der Waals surface area (Å²) in [5, 5.41) is 3.55. The minimum atomic E-state index is 0.143. The lowest BCUT2D eigenvalue weighted by Crippen LogP contribution is -2.33. The number of hydrogen-bond acceptors (Lipinski definition) is 4. The molecule has 114 valence electrons. The summed E-state index contributed by atoms with van der Waals surface area (Å²) in [6.45, 7) is 8.08. The normalized spacial score (nSPS) is 14.0. The second-order valence-corrected chi connectivity index (χ2v) is 4.92. The molecule has 0 saturated heterocycles. The van der Waals surface area contributed by atoms with Crippen LogP contribution in [0.25, 0.3) is 0 Å². The maximum absolute atomic E-state index is 5.67. The van der Waals surface area contributed by atoms with E-state index >= 15 is 0 Å². The monoisotopic (exact) mass is 280 g/mol. The first-order valence-corrected chi connectivity index (χ1v) is 7.60. The number of methoxy groups -OCH3 is 1. The van der Waals surface area contributed by atoms with Gasteiger partial charge in [0, 0.05) is 13.3 Å². The first kappa shape index (κ1) is 16.9. The van der Waals surface area contributed by atoms with Gasteiger partial charge in [-0.15, -0.1) is 0 Å². The molecule has 2 atom stereocenters. The third-order valence-corrected chi connectivity index (χ3v) is 3.26. The van der Waals surface area contributed by atoms with Crippen molar-refractivity contribution < 1.29 is 9.47 Å². The van der Waals surface area contributed by atoms with Crippen molar-refractivity contribution in [3.63, 3.8) is 0 Å². The standard InChI is InChI=1S/C16H28N2O2/c1-5-8-18-16(15(7-3)19-4)13-10-14(12-17-11-13)20-9-6-2/h10-12,15-16,18H,5-9H2,1-4H3. The van der Waals surface area contributed by atoms with Crippen LogP contribution in [-0.2, 0) is 4.74 Å². The molecule has 1 rings (SSSR count). The summed E-state index contributed by atoms with van der Waals surface area (Å²) in [6, 6.07) is 2.22. The van der Waals surface area contributed by atoms with Crippen molar-refractivity contribution in [1.82, 2.24) is 10.3 Å². The van der Waals surface area contributed by atoms with E-state index in [1.54, 1.807) is 13.3 Å². The van der Waals surface area contributed by atoms with Crippen molar-refractivity contribution in [2.24, 2.45) is 0 Å². The molecule has 1 aromatic rings. The molecule has 0 amide bonds. The first-order chi connectivity index (χ1) is 9.76. The number of nitrogens with zero attached hydrogens (tertiary/aromatic N) is 1. The number of nitrogens with one attached hydrogen (secondary N) is 1. The Kier molecular flexibility index (Phi) is 8.23. The van der Waals surface area contributed by atoms with Gasteiger partial charge in [0.1, 0.15) is 5.75 Å². The van der Waals surface area contributed by atoms with E-state index < -0.39 is 0 Å². The van der Waals surface area contributed by atoms with Gasteiger partial charge in [0.05, 0.1) is 24.9 Å². The zero-order valence-electron chi connectivity index (χ0n) is 13.2. The molecule has 1 heterocycles. The van der Waals surface area contributed by atoms with Gasteiger partial charge in [-0.3, -0.25) is 4.98 Å². The van der Waals surface area contributed by atoms with E-state index in [1.807, 2.05) is 6.20 Å². The molecule has 0 spiro atoms. The van der Waals surface area contributed by atoms with Crippen molar-refractivity contribution in [3.05, 3.63) is 24.0 Å². The summed E-state index contributed by atoms with van der Waals surface area (Å²) in [6.07, 6.45) is 6.85. The summed E-state index contributed by atoms with van der Waals surface area (Å²) in [7, 11) is 1.76. The van der Waals surface area contributed by atoms with Crippen LogP contribution in [0.3, 0.4) is 0 Å². The Balaban J connectivity index is 2.87. The minimum Gasteiger partial charge on any atom is -0.492 e. The van der Waals surface area contributed by atoms with Crippen LogP contribution >= 0.6 is 0 Å². The number of hydrogen-bond donors (Lipinski definition) is 1. The summed E-state index contributed by atoms with van der Waals surface area (Å²) in [5.74, 6) is 0.832. The molecule has 1 N–H and O–H groups in total. The van der Waals surface area contributed by atoms with Gasteiger partial charge in [-0.25, -0.2) is 0 Å². The fourth-order valence-electron chi connectivity index (χ4n) is 2.21. The maximum Gasteiger partial charge on any atom is 0.137 e. The molecule has 1 aromatic heterocycles. The topological polar surface area (TPSA) is 43.4 Å². The highest BCUT2D eigenvalue weighted by molar-refractivity contribution is 5.26. The third-order valence-electron chi connectivity index (χ3n) is 3.26. The minimum absolute atomic E-state index is 0.143. The molecule has 0 saturated carbocycles. The molecule has 0 aliphatic heterocycles. The zero-order valence-corrected chi connectivity index (χ0v) is 13.2. The van der Waals surface area contributed by atoms with Gasteiger partial charge < -0.3 is 14.8 Å². The Labute approximate surface area is 122 Å². The van der Waals surface area contributed by atoms with Gasteiger partial charge in [0.15, 0.2) is 0 Å². The van der Waals surface area contributed by atoms with Crippen molar-refractivity contribution in [2.75, 3.05) is 20.3 Å². The lowest BCUT2D eigenvalue weighted by Gasteiger charge is -2.26. The molecule has 0 radical (unpaired) electrons. The molecule has 0 aliphatic carbocycles. The largest absolute Gasteiger partial charge is 0.492 e. The van der Waals surface area contributed by atoms with Crippen LogP contribution in [-0.4, -0.2) is 31.3 Å². The molecule has 4 nitrogen and oxygen atoms in total.